The predicted molar refractivity (Wildman–Crippen MR) is 63.0 cm³/mol. The number of hydrogen-bond donors (Lipinski definition) is 2. The molecule has 1 rings (SSSR count). The van der Waals surface area contributed by atoms with Crippen LogP contribution in [0.5, 0.6) is 0 Å². The van der Waals surface area contributed by atoms with Crippen LogP contribution in [-0.4, -0.2) is 22.0 Å². The molecule has 2 N–H and O–H groups in total. The van der Waals surface area contributed by atoms with Gasteiger partial charge in [-0.05, 0) is 25.5 Å². The highest BCUT2D eigenvalue weighted by atomic mass is 19.1. The van der Waals surface area contributed by atoms with Gasteiger partial charge in [0.15, 0.2) is 0 Å². The number of nitrogens with one attached hydrogen (secondary N) is 1. The Kier molecular flexibility index (Phi) is 4.59. The van der Waals surface area contributed by atoms with Crippen LogP contribution in [0.1, 0.15) is 19.8 Å². The molecule has 7 heteroatoms. The first-order valence-corrected chi connectivity index (χ1v) is 5.32. The molecule has 0 aliphatic carbocycles. The maximum atomic E-state index is 12.9. The monoisotopic (exact) mass is 256 g/mol. The van der Waals surface area contributed by atoms with Gasteiger partial charge in [-0.25, -0.2) is 4.39 Å². The predicted octanol–water partition coefficient (Wildman–Crippen LogP) is 2.40. The summed E-state index contributed by atoms with van der Waals surface area (Å²) >= 11 is 0. The van der Waals surface area contributed by atoms with Crippen LogP contribution in [0.4, 0.5) is 15.8 Å². The second kappa shape index (κ2) is 5.95. The molecule has 0 aliphatic rings. The SMILES string of the molecule is CC(CCC(=O)O)Nc1ccc(F)cc1[N+](=O)[O-]. The molecule has 1 unspecified atom stereocenters. The van der Waals surface area contributed by atoms with Gasteiger partial charge < -0.3 is 10.4 Å². The fourth-order valence-electron chi connectivity index (χ4n) is 1.46. The molecule has 0 aromatic heterocycles. The van der Waals surface area contributed by atoms with Crippen LogP contribution >= 0.6 is 0 Å². The standard InChI is InChI=1S/C11H13FN2O4/c1-7(2-5-11(15)16)13-9-4-3-8(12)6-10(9)14(17)18/h3-4,6-7,13H,2,5H2,1H3,(H,15,16). The van der Waals surface area contributed by atoms with E-state index < -0.39 is 16.7 Å². The molecule has 1 aromatic carbocycles. The lowest BCUT2D eigenvalue weighted by Crippen LogP contribution is -2.17. The molecular weight excluding hydrogens is 243 g/mol. The quantitative estimate of drug-likeness (QED) is 0.602. The van der Waals surface area contributed by atoms with Crippen LogP contribution in [0.15, 0.2) is 18.2 Å². The molecule has 6 nitrogen and oxygen atoms in total. The van der Waals surface area contributed by atoms with Gasteiger partial charge in [0.25, 0.3) is 5.69 Å². The number of carboxylic acid groups (broad SMARTS) is 1. The minimum atomic E-state index is -0.933. The number of rotatable bonds is 6. The van der Waals surface area contributed by atoms with Crippen LogP contribution in [0.3, 0.4) is 0 Å². The van der Waals surface area contributed by atoms with Crippen LogP contribution in [0, 0.1) is 15.9 Å². The highest BCUT2D eigenvalue weighted by Crippen LogP contribution is 2.26. The molecule has 0 heterocycles. The van der Waals surface area contributed by atoms with E-state index in [1.165, 1.54) is 6.07 Å². The lowest BCUT2D eigenvalue weighted by molar-refractivity contribution is -0.384. The third-order valence-electron chi connectivity index (χ3n) is 2.35. The van der Waals surface area contributed by atoms with Gasteiger partial charge in [0, 0.05) is 12.5 Å². The van der Waals surface area contributed by atoms with Gasteiger partial charge in [-0.15, -0.1) is 0 Å². The van der Waals surface area contributed by atoms with E-state index in [0.717, 1.165) is 12.1 Å². The summed E-state index contributed by atoms with van der Waals surface area (Å²) in [4.78, 5) is 20.4. The fourth-order valence-corrected chi connectivity index (χ4v) is 1.46. The number of carbonyl (C=O) groups is 1. The zero-order valence-corrected chi connectivity index (χ0v) is 9.72. The first-order chi connectivity index (χ1) is 8.40. The van der Waals surface area contributed by atoms with Crippen molar-refractivity contribution in [3.63, 3.8) is 0 Å². The molecule has 0 aliphatic heterocycles. The Morgan fingerprint density at radius 1 is 1.61 bits per heavy atom. The van der Waals surface area contributed by atoms with Crippen LogP contribution in [0.25, 0.3) is 0 Å². The second-order valence-electron chi connectivity index (χ2n) is 3.90. The largest absolute Gasteiger partial charge is 0.481 e. The second-order valence-corrected chi connectivity index (χ2v) is 3.90. The molecule has 0 fully saturated rings. The van der Waals surface area contributed by atoms with E-state index in [-0.39, 0.29) is 23.8 Å². The number of nitrogens with zero attached hydrogens (tertiary/aromatic N) is 1. The zero-order chi connectivity index (χ0) is 13.7. The molecule has 0 saturated heterocycles. The summed E-state index contributed by atoms with van der Waals surface area (Å²) in [7, 11) is 0. The maximum Gasteiger partial charge on any atom is 0.303 e. The van der Waals surface area contributed by atoms with Gasteiger partial charge in [0.1, 0.15) is 11.5 Å². The number of benzene rings is 1. The summed E-state index contributed by atoms with van der Waals surface area (Å²) in [6, 6.07) is 2.95. The Labute approximate surface area is 103 Å². The molecule has 0 bridgehead atoms. The van der Waals surface area contributed by atoms with Crippen molar-refractivity contribution in [2.75, 3.05) is 5.32 Å². The van der Waals surface area contributed by atoms with Gasteiger partial charge >= 0.3 is 5.97 Å². The minimum absolute atomic E-state index is 0.0385. The Hall–Kier alpha value is -2.18. The topological polar surface area (TPSA) is 92.5 Å². The van der Waals surface area contributed by atoms with Crippen molar-refractivity contribution >= 4 is 17.3 Å². The van der Waals surface area contributed by atoms with Crippen molar-refractivity contribution in [3.05, 3.63) is 34.1 Å². The molecule has 18 heavy (non-hydrogen) atoms. The average molecular weight is 256 g/mol. The molecule has 0 saturated carbocycles. The van der Waals surface area contributed by atoms with Gasteiger partial charge in [0.05, 0.1) is 11.0 Å². The normalized spacial score (nSPS) is 11.9. The molecule has 98 valence electrons. The number of anilines is 1. The van der Waals surface area contributed by atoms with E-state index in [0.29, 0.717) is 6.42 Å². The van der Waals surface area contributed by atoms with Gasteiger partial charge in [0.2, 0.25) is 0 Å². The minimum Gasteiger partial charge on any atom is -0.481 e. The van der Waals surface area contributed by atoms with Crippen molar-refractivity contribution in [1.29, 1.82) is 0 Å². The summed E-state index contributed by atoms with van der Waals surface area (Å²) in [5.41, 5.74) is -0.184. The molecule has 0 radical (unpaired) electrons. The Morgan fingerprint density at radius 2 is 2.28 bits per heavy atom. The number of halogens is 1. The molecule has 1 aromatic rings. The molecule has 0 spiro atoms. The van der Waals surface area contributed by atoms with Crippen LogP contribution < -0.4 is 5.32 Å². The van der Waals surface area contributed by atoms with Crippen molar-refractivity contribution < 1.29 is 19.2 Å². The lowest BCUT2D eigenvalue weighted by Gasteiger charge is -2.14. The zero-order valence-electron chi connectivity index (χ0n) is 9.72. The van der Waals surface area contributed by atoms with E-state index in [1.54, 1.807) is 6.92 Å². The Bertz CT molecular complexity index is 464. The van der Waals surface area contributed by atoms with E-state index >= 15 is 0 Å². The summed E-state index contributed by atoms with van der Waals surface area (Å²) in [5, 5.41) is 22.1. The highest BCUT2D eigenvalue weighted by Gasteiger charge is 2.16. The molecule has 1 atom stereocenters. The van der Waals surface area contributed by atoms with Crippen molar-refractivity contribution in [2.45, 2.75) is 25.8 Å². The smallest absolute Gasteiger partial charge is 0.303 e. The van der Waals surface area contributed by atoms with E-state index in [4.69, 9.17) is 5.11 Å². The van der Waals surface area contributed by atoms with Crippen molar-refractivity contribution in [1.82, 2.24) is 0 Å². The maximum absolute atomic E-state index is 12.9. The van der Waals surface area contributed by atoms with Crippen molar-refractivity contribution in [3.8, 4) is 0 Å². The summed E-state index contributed by atoms with van der Waals surface area (Å²) in [5.74, 6) is -1.62. The first kappa shape index (κ1) is 13.9. The third kappa shape index (κ3) is 4.00. The number of aliphatic carboxylic acids is 1. The summed E-state index contributed by atoms with van der Waals surface area (Å²) in [6.45, 7) is 1.70. The number of nitro groups is 1. The third-order valence-corrected chi connectivity index (χ3v) is 2.35. The van der Waals surface area contributed by atoms with Gasteiger partial charge in [-0.2, -0.15) is 0 Å². The number of carboxylic acids is 1. The Morgan fingerprint density at radius 3 is 2.83 bits per heavy atom. The lowest BCUT2D eigenvalue weighted by atomic mass is 10.1. The van der Waals surface area contributed by atoms with Gasteiger partial charge in [-0.1, -0.05) is 0 Å². The van der Waals surface area contributed by atoms with Crippen molar-refractivity contribution in [2.24, 2.45) is 0 Å². The van der Waals surface area contributed by atoms with Crippen LogP contribution in [-0.2, 0) is 4.79 Å². The summed E-state index contributed by atoms with van der Waals surface area (Å²) in [6.07, 6.45) is 0.285. The molecule has 0 amide bonds. The van der Waals surface area contributed by atoms with E-state index in [1.807, 2.05) is 0 Å². The van der Waals surface area contributed by atoms with E-state index in [9.17, 15) is 19.3 Å². The number of hydrogen-bond acceptors (Lipinski definition) is 4. The average Bonchev–Trinajstić information content (AvgIpc) is 2.28. The van der Waals surface area contributed by atoms with E-state index in [2.05, 4.69) is 5.32 Å². The molecular formula is C11H13FN2O4. The highest BCUT2D eigenvalue weighted by molar-refractivity contribution is 5.67. The van der Waals surface area contributed by atoms with Crippen LogP contribution in [0.2, 0.25) is 0 Å². The Balaban J connectivity index is 2.77. The number of nitro benzene ring substituents is 1. The van der Waals surface area contributed by atoms with Gasteiger partial charge in [-0.3, -0.25) is 14.9 Å². The summed E-state index contributed by atoms with van der Waals surface area (Å²) < 4.78 is 12.9. The fraction of sp³-hybridized carbons (Fsp3) is 0.364. The first-order valence-electron chi connectivity index (χ1n) is 5.32.